The zero-order valence-electron chi connectivity index (χ0n) is 23.5. The molecule has 0 radical (unpaired) electrons. The van der Waals surface area contributed by atoms with Crippen LogP contribution in [0.3, 0.4) is 0 Å². The average Bonchev–Trinajstić information content (AvgIpc) is 3.46. The molecule has 7 nitrogen and oxygen atoms in total. The standard InChI is InChI=1S/C33H21BrF3N3O4S2/c34-19-10-5-9-18(15-19)25-26-27(30(43)40(29(26)42)23-14-4-3-12-21(23)33(35,36)37)45-31-28(25)46-32(44)39(31)16-24(41)38-22-13-6-8-17-7-1-2-11-20(17)22/h1-15,25-27H,16H2,(H,38,41). The molecule has 46 heavy (non-hydrogen) atoms. The van der Waals surface area contributed by atoms with E-state index in [1.807, 2.05) is 30.3 Å². The quantitative estimate of drug-likeness (QED) is 0.193. The molecule has 3 amide bonds. The van der Waals surface area contributed by atoms with Crippen molar-refractivity contribution in [2.24, 2.45) is 5.92 Å². The maximum absolute atomic E-state index is 14.1. The third kappa shape index (κ3) is 5.16. The third-order valence-corrected chi connectivity index (χ3v) is 11.2. The van der Waals surface area contributed by atoms with E-state index in [0.29, 0.717) is 30.5 Å². The number of hydrogen-bond donors (Lipinski definition) is 1. The largest absolute Gasteiger partial charge is 0.418 e. The van der Waals surface area contributed by atoms with Gasteiger partial charge in [0.1, 0.15) is 11.8 Å². The zero-order chi connectivity index (χ0) is 32.3. The first kappa shape index (κ1) is 30.5. The van der Waals surface area contributed by atoms with E-state index in [-0.39, 0.29) is 6.54 Å². The minimum Gasteiger partial charge on any atom is -0.324 e. The summed E-state index contributed by atoms with van der Waals surface area (Å²) in [5.41, 5.74) is -0.471. The van der Waals surface area contributed by atoms with E-state index in [9.17, 15) is 32.3 Å². The van der Waals surface area contributed by atoms with E-state index >= 15 is 0 Å². The number of amides is 3. The van der Waals surface area contributed by atoms with Crippen LogP contribution in [0.5, 0.6) is 0 Å². The fourth-order valence-electron chi connectivity index (χ4n) is 6.13. The first-order chi connectivity index (χ1) is 22.0. The first-order valence-electron chi connectivity index (χ1n) is 14.0. The second kappa shape index (κ2) is 11.6. The van der Waals surface area contributed by atoms with Crippen LogP contribution < -0.4 is 15.1 Å². The number of halogens is 4. The van der Waals surface area contributed by atoms with Crippen molar-refractivity contribution in [2.75, 3.05) is 10.2 Å². The van der Waals surface area contributed by atoms with Crippen molar-refractivity contribution < 1.29 is 27.6 Å². The molecule has 7 rings (SSSR count). The smallest absolute Gasteiger partial charge is 0.324 e. The number of alkyl halides is 3. The van der Waals surface area contributed by atoms with Crippen LogP contribution in [0.15, 0.2) is 105 Å². The topological polar surface area (TPSA) is 88.5 Å². The van der Waals surface area contributed by atoms with Crippen molar-refractivity contribution in [1.29, 1.82) is 0 Å². The molecule has 0 spiro atoms. The Morgan fingerprint density at radius 1 is 0.891 bits per heavy atom. The molecule has 0 aliphatic carbocycles. The van der Waals surface area contributed by atoms with Gasteiger partial charge in [0.2, 0.25) is 17.7 Å². The number of imide groups is 1. The van der Waals surface area contributed by atoms with E-state index in [4.69, 9.17) is 0 Å². The van der Waals surface area contributed by atoms with Crippen LogP contribution in [0.25, 0.3) is 10.8 Å². The van der Waals surface area contributed by atoms with Gasteiger partial charge < -0.3 is 5.32 Å². The predicted molar refractivity (Wildman–Crippen MR) is 174 cm³/mol. The Morgan fingerprint density at radius 2 is 1.61 bits per heavy atom. The SMILES string of the molecule is O=C(Cn1c2c(sc1=O)C(c1cccc(Br)c1)C1C(=O)N(c3ccccc3C(F)(F)F)C(=O)C1S2)Nc1cccc2ccccc12. The minimum atomic E-state index is -4.81. The summed E-state index contributed by atoms with van der Waals surface area (Å²) in [5, 5.41) is 3.82. The number of nitrogens with one attached hydrogen (secondary N) is 1. The molecule has 2 aliphatic rings. The second-order valence-electron chi connectivity index (χ2n) is 10.8. The van der Waals surface area contributed by atoms with Crippen LogP contribution in [0.4, 0.5) is 24.5 Å². The van der Waals surface area contributed by atoms with Gasteiger partial charge in [0.05, 0.1) is 22.2 Å². The van der Waals surface area contributed by atoms with Gasteiger partial charge in [-0.2, -0.15) is 13.2 Å². The lowest BCUT2D eigenvalue weighted by Gasteiger charge is -2.30. The number of fused-ring (bicyclic) bond motifs is 3. The van der Waals surface area contributed by atoms with Crippen LogP contribution >= 0.6 is 39.0 Å². The minimum absolute atomic E-state index is 0.335. The molecule has 3 heterocycles. The van der Waals surface area contributed by atoms with Crippen molar-refractivity contribution in [3.8, 4) is 0 Å². The van der Waals surface area contributed by atoms with Crippen molar-refractivity contribution in [3.05, 3.63) is 121 Å². The Kier molecular flexibility index (Phi) is 7.65. The lowest BCUT2D eigenvalue weighted by Crippen LogP contribution is -2.33. The van der Waals surface area contributed by atoms with Gasteiger partial charge in [-0.1, -0.05) is 99.7 Å². The number of rotatable bonds is 5. The van der Waals surface area contributed by atoms with E-state index in [0.717, 1.165) is 46.0 Å². The summed E-state index contributed by atoms with van der Waals surface area (Å²) in [5.74, 6) is -3.98. The number of para-hydroxylation sites is 1. The van der Waals surface area contributed by atoms with E-state index < -0.39 is 57.1 Å². The van der Waals surface area contributed by atoms with E-state index in [2.05, 4.69) is 21.2 Å². The molecule has 1 fully saturated rings. The van der Waals surface area contributed by atoms with Crippen LogP contribution in [-0.4, -0.2) is 27.5 Å². The van der Waals surface area contributed by atoms with Gasteiger partial charge in [0.25, 0.3) is 0 Å². The number of thioether (sulfide) groups is 1. The molecule has 0 saturated carbocycles. The normalized spacial score (nSPS) is 19.3. The highest BCUT2D eigenvalue weighted by Gasteiger charge is 2.57. The van der Waals surface area contributed by atoms with Crippen LogP contribution in [0.1, 0.15) is 21.9 Å². The molecule has 1 aromatic heterocycles. The van der Waals surface area contributed by atoms with Gasteiger partial charge in [0, 0.05) is 26.3 Å². The van der Waals surface area contributed by atoms with Gasteiger partial charge in [-0.05, 0) is 41.3 Å². The number of hydrogen-bond acceptors (Lipinski definition) is 6. The molecule has 232 valence electrons. The fourth-order valence-corrected chi connectivity index (χ4v) is 9.32. The van der Waals surface area contributed by atoms with Gasteiger partial charge in [-0.15, -0.1) is 0 Å². The summed E-state index contributed by atoms with van der Waals surface area (Å²) in [6, 6.07) is 24.5. The highest BCUT2D eigenvalue weighted by atomic mass is 79.9. The molecule has 4 aromatic carbocycles. The molecular formula is C33H21BrF3N3O4S2. The molecule has 1 saturated heterocycles. The third-order valence-electron chi connectivity index (χ3n) is 8.07. The summed E-state index contributed by atoms with van der Waals surface area (Å²) < 4.78 is 44.0. The van der Waals surface area contributed by atoms with Crippen LogP contribution in [0.2, 0.25) is 0 Å². The highest BCUT2D eigenvalue weighted by Crippen LogP contribution is 2.54. The number of carbonyl (C=O) groups is 3. The monoisotopic (exact) mass is 723 g/mol. The second-order valence-corrected chi connectivity index (χ2v) is 13.9. The van der Waals surface area contributed by atoms with Crippen molar-refractivity contribution >= 4 is 78.9 Å². The lowest BCUT2D eigenvalue weighted by atomic mass is 9.83. The Balaban J connectivity index is 1.30. The summed E-state index contributed by atoms with van der Waals surface area (Å²) >= 11 is 5.24. The summed E-state index contributed by atoms with van der Waals surface area (Å²) in [7, 11) is 0. The van der Waals surface area contributed by atoms with Gasteiger partial charge in [-0.25, -0.2) is 4.90 Å². The first-order valence-corrected chi connectivity index (χ1v) is 16.5. The number of aromatic nitrogens is 1. The zero-order valence-corrected chi connectivity index (χ0v) is 26.7. The molecular weight excluding hydrogens is 703 g/mol. The summed E-state index contributed by atoms with van der Waals surface area (Å²) in [4.78, 5) is 55.4. The number of benzene rings is 4. The number of anilines is 2. The predicted octanol–water partition coefficient (Wildman–Crippen LogP) is 7.28. The van der Waals surface area contributed by atoms with Crippen molar-refractivity contribution in [1.82, 2.24) is 4.57 Å². The molecule has 0 bridgehead atoms. The van der Waals surface area contributed by atoms with Gasteiger partial charge >= 0.3 is 11.0 Å². The number of thiazole rings is 1. The van der Waals surface area contributed by atoms with Crippen LogP contribution in [0, 0.1) is 5.92 Å². The summed E-state index contributed by atoms with van der Waals surface area (Å²) in [6.45, 7) is -0.369. The Bertz CT molecular complexity index is 2120. The van der Waals surface area contributed by atoms with Gasteiger partial charge in [-0.3, -0.25) is 23.7 Å². The fraction of sp³-hybridized carbons (Fsp3) is 0.152. The molecule has 3 unspecified atom stereocenters. The van der Waals surface area contributed by atoms with Crippen molar-refractivity contribution in [2.45, 2.75) is 28.9 Å². The molecule has 5 aromatic rings. The van der Waals surface area contributed by atoms with Crippen molar-refractivity contribution in [3.63, 3.8) is 0 Å². The number of carbonyl (C=O) groups excluding carboxylic acids is 3. The molecule has 2 aliphatic heterocycles. The van der Waals surface area contributed by atoms with E-state index in [1.165, 1.54) is 16.7 Å². The average molecular weight is 725 g/mol. The molecule has 1 N–H and O–H groups in total. The Hall–Kier alpha value is -4.20. The Labute approximate surface area is 276 Å². The lowest BCUT2D eigenvalue weighted by molar-refractivity contribution is -0.137. The van der Waals surface area contributed by atoms with E-state index in [1.54, 1.807) is 36.4 Å². The Morgan fingerprint density at radius 3 is 2.39 bits per heavy atom. The summed E-state index contributed by atoms with van der Waals surface area (Å²) in [6.07, 6.45) is -4.81. The molecule has 13 heteroatoms. The number of nitrogens with zero attached hydrogens (tertiary/aromatic N) is 2. The maximum Gasteiger partial charge on any atom is 0.418 e. The maximum atomic E-state index is 14.1. The highest BCUT2D eigenvalue weighted by molar-refractivity contribution is 9.10. The van der Waals surface area contributed by atoms with Crippen LogP contribution in [-0.2, 0) is 27.1 Å². The van der Waals surface area contributed by atoms with Gasteiger partial charge in [0.15, 0.2) is 0 Å². The molecule has 3 atom stereocenters.